The van der Waals surface area contributed by atoms with E-state index in [2.05, 4.69) is 31.1 Å². The SMILES string of the molecule is [C-]#[N+]c1ccc(COc2cccc(N3CCN([C@H](C)c4nc(/C=C\C(=N)C(=O)O)cn4C[C@@H]4CCO4)CC3)n2)c(F)c1. The zero-order chi connectivity index (χ0) is 29.6. The number of carboxylic acids is 1. The highest BCUT2D eigenvalue weighted by molar-refractivity contribution is 6.39. The van der Waals surface area contributed by atoms with Gasteiger partial charge >= 0.3 is 5.97 Å². The highest BCUT2D eigenvalue weighted by Crippen LogP contribution is 2.26. The molecule has 0 spiro atoms. The maximum atomic E-state index is 14.2. The predicted octanol–water partition coefficient (Wildman–Crippen LogP) is 4.34. The molecule has 0 unspecified atom stereocenters. The lowest BCUT2D eigenvalue weighted by Crippen LogP contribution is -2.48. The van der Waals surface area contributed by atoms with Gasteiger partial charge in [-0.15, -0.1) is 0 Å². The molecule has 2 aliphatic heterocycles. The molecule has 12 heteroatoms. The number of halogens is 1. The van der Waals surface area contributed by atoms with Gasteiger partial charge in [-0.25, -0.2) is 19.0 Å². The van der Waals surface area contributed by atoms with E-state index in [4.69, 9.17) is 31.5 Å². The van der Waals surface area contributed by atoms with Crippen LogP contribution in [0.1, 0.15) is 36.5 Å². The Morgan fingerprint density at radius 3 is 2.74 bits per heavy atom. The van der Waals surface area contributed by atoms with Gasteiger partial charge in [0.15, 0.2) is 5.69 Å². The number of hydrogen-bond donors (Lipinski definition) is 2. The van der Waals surface area contributed by atoms with E-state index in [1.165, 1.54) is 12.1 Å². The van der Waals surface area contributed by atoms with E-state index in [1.807, 2.05) is 18.3 Å². The Morgan fingerprint density at radius 1 is 1.29 bits per heavy atom. The zero-order valence-electron chi connectivity index (χ0n) is 23.2. The summed E-state index contributed by atoms with van der Waals surface area (Å²) in [6.45, 7) is 13.6. The normalized spacial score (nSPS) is 17.9. The van der Waals surface area contributed by atoms with Gasteiger partial charge in [0, 0.05) is 50.6 Å². The zero-order valence-corrected chi connectivity index (χ0v) is 23.2. The summed E-state index contributed by atoms with van der Waals surface area (Å²) in [7, 11) is 0. The van der Waals surface area contributed by atoms with Crippen LogP contribution in [0.3, 0.4) is 0 Å². The Morgan fingerprint density at radius 2 is 2.07 bits per heavy atom. The monoisotopic (exact) mass is 573 g/mol. The highest BCUT2D eigenvalue weighted by Gasteiger charge is 2.28. The third kappa shape index (κ3) is 6.82. The van der Waals surface area contributed by atoms with Gasteiger partial charge in [0.1, 0.15) is 29.8 Å². The number of aromatic nitrogens is 3. The van der Waals surface area contributed by atoms with E-state index < -0.39 is 17.5 Å². The molecule has 2 N–H and O–H groups in total. The predicted molar refractivity (Wildman–Crippen MR) is 154 cm³/mol. The number of rotatable bonds is 11. The van der Waals surface area contributed by atoms with E-state index in [0.29, 0.717) is 23.7 Å². The Hall–Kier alpha value is -4.60. The molecular weight excluding hydrogens is 541 g/mol. The van der Waals surface area contributed by atoms with Crippen molar-refractivity contribution in [3.8, 4) is 5.88 Å². The minimum absolute atomic E-state index is 0.0000607. The number of ether oxygens (including phenoxy) is 2. The number of carboxylic acid groups (broad SMARTS) is 1. The second-order valence-corrected chi connectivity index (χ2v) is 10.2. The molecule has 0 radical (unpaired) electrons. The Kier molecular flexibility index (Phi) is 8.90. The van der Waals surface area contributed by atoms with Crippen LogP contribution >= 0.6 is 0 Å². The molecule has 5 rings (SSSR count). The number of carbonyl (C=O) groups is 1. The summed E-state index contributed by atoms with van der Waals surface area (Å²) in [6.07, 6.45) is 5.80. The van der Waals surface area contributed by atoms with Crippen LogP contribution in [0.15, 0.2) is 48.7 Å². The van der Waals surface area contributed by atoms with Crippen molar-refractivity contribution in [2.75, 3.05) is 37.7 Å². The average molecular weight is 574 g/mol. The Bertz CT molecular complexity index is 1520. The molecule has 2 aromatic heterocycles. The summed E-state index contributed by atoms with van der Waals surface area (Å²) in [4.78, 5) is 28.2. The number of nitrogens with one attached hydrogen (secondary N) is 1. The first-order valence-corrected chi connectivity index (χ1v) is 13.7. The molecule has 218 valence electrons. The van der Waals surface area contributed by atoms with Gasteiger partial charge in [0.05, 0.1) is 31.0 Å². The van der Waals surface area contributed by atoms with Gasteiger partial charge in [-0.1, -0.05) is 18.2 Å². The molecular formula is C30H32FN7O4. The quantitative estimate of drug-likeness (QED) is 0.257. The molecule has 4 heterocycles. The maximum Gasteiger partial charge on any atom is 0.353 e. The number of anilines is 1. The molecule has 42 heavy (non-hydrogen) atoms. The summed E-state index contributed by atoms with van der Waals surface area (Å²) in [6, 6.07) is 9.85. The van der Waals surface area contributed by atoms with Gasteiger partial charge in [0.2, 0.25) is 5.88 Å². The van der Waals surface area contributed by atoms with Crippen LogP contribution in [-0.2, 0) is 22.7 Å². The maximum absolute atomic E-state index is 14.2. The van der Waals surface area contributed by atoms with E-state index in [1.54, 1.807) is 24.3 Å². The van der Waals surface area contributed by atoms with Crippen molar-refractivity contribution in [3.05, 3.63) is 83.0 Å². The van der Waals surface area contributed by atoms with Crippen LogP contribution in [0.4, 0.5) is 15.9 Å². The van der Waals surface area contributed by atoms with Crippen molar-refractivity contribution >= 4 is 29.3 Å². The largest absolute Gasteiger partial charge is 0.477 e. The number of imidazole rings is 1. The fourth-order valence-corrected chi connectivity index (χ4v) is 4.94. The lowest BCUT2D eigenvalue weighted by atomic mass is 10.1. The van der Waals surface area contributed by atoms with Crippen LogP contribution in [-0.4, -0.2) is 75.1 Å². The van der Waals surface area contributed by atoms with E-state index in [0.717, 1.165) is 50.8 Å². The fraction of sp³-hybridized carbons (Fsp3) is 0.367. The summed E-state index contributed by atoms with van der Waals surface area (Å²) >= 11 is 0. The molecule has 2 saturated heterocycles. The number of piperazine rings is 1. The summed E-state index contributed by atoms with van der Waals surface area (Å²) in [5, 5.41) is 16.5. The van der Waals surface area contributed by atoms with Crippen LogP contribution in [0.2, 0.25) is 0 Å². The highest BCUT2D eigenvalue weighted by atomic mass is 19.1. The summed E-state index contributed by atoms with van der Waals surface area (Å²) in [5.41, 5.74) is 0.709. The fourth-order valence-electron chi connectivity index (χ4n) is 4.94. The molecule has 2 aliphatic rings. The molecule has 11 nitrogen and oxygen atoms in total. The number of aliphatic carboxylic acids is 1. The van der Waals surface area contributed by atoms with Crippen molar-refractivity contribution in [3.63, 3.8) is 0 Å². The van der Waals surface area contributed by atoms with Crippen molar-refractivity contribution < 1.29 is 23.8 Å². The van der Waals surface area contributed by atoms with Gasteiger partial charge < -0.3 is 24.0 Å². The van der Waals surface area contributed by atoms with Gasteiger partial charge in [-0.05, 0) is 37.6 Å². The lowest BCUT2D eigenvalue weighted by molar-refractivity contribution is -0.129. The van der Waals surface area contributed by atoms with E-state index in [-0.39, 0.29) is 24.4 Å². The van der Waals surface area contributed by atoms with Crippen LogP contribution in [0, 0.1) is 17.8 Å². The molecule has 0 amide bonds. The van der Waals surface area contributed by atoms with Crippen molar-refractivity contribution in [2.45, 2.75) is 38.6 Å². The third-order valence-corrected chi connectivity index (χ3v) is 7.48. The molecule has 0 aliphatic carbocycles. The van der Waals surface area contributed by atoms with Crippen LogP contribution < -0.4 is 9.64 Å². The minimum atomic E-state index is -1.28. The molecule has 3 aromatic rings. The Balaban J connectivity index is 1.21. The molecule has 0 bridgehead atoms. The first kappa shape index (κ1) is 28.9. The number of nitrogens with zero attached hydrogens (tertiary/aromatic N) is 6. The number of pyridine rings is 1. The molecule has 1 aromatic carbocycles. The van der Waals surface area contributed by atoms with Crippen LogP contribution in [0.5, 0.6) is 5.88 Å². The van der Waals surface area contributed by atoms with E-state index >= 15 is 0 Å². The van der Waals surface area contributed by atoms with Gasteiger partial charge in [-0.3, -0.25) is 10.3 Å². The topological polar surface area (TPSA) is 121 Å². The molecule has 0 saturated carbocycles. The second kappa shape index (κ2) is 12.9. The smallest absolute Gasteiger partial charge is 0.353 e. The standard InChI is InChI=1S/C30H32FN7O4/c1-20(29-34-23(8-9-26(32)30(39)40)17-38(29)18-24-10-15-41-24)36-11-13-37(14-12-36)27-4-3-5-28(35-27)42-19-21-6-7-22(33-2)16-25(21)31/h3-9,16-17,20,24,32H,10-15,18-19H2,1H3,(H,39,40)/b9-8-,32-26?/t20-,24+/m1/s1. The first-order valence-electron chi connectivity index (χ1n) is 13.7. The number of benzene rings is 1. The molecule has 2 fully saturated rings. The van der Waals surface area contributed by atoms with Crippen LogP contribution in [0.25, 0.3) is 10.9 Å². The van der Waals surface area contributed by atoms with Crippen molar-refractivity contribution in [2.24, 2.45) is 0 Å². The number of hydrogen-bond acceptors (Lipinski definition) is 8. The first-order chi connectivity index (χ1) is 20.3. The van der Waals surface area contributed by atoms with Gasteiger partial charge in [-0.2, -0.15) is 4.98 Å². The summed E-state index contributed by atoms with van der Waals surface area (Å²) < 4.78 is 27.7. The Labute approximate surface area is 243 Å². The summed E-state index contributed by atoms with van der Waals surface area (Å²) in [5.74, 6) is 0.279. The molecule has 2 atom stereocenters. The average Bonchev–Trinajstić information content (AvgIpc) is 3.39. The minimum Gasteiger partial charge on any atom is -0.477 e. The van der Waals surface area contributed by atoms with Crippen molar-refractivity contribution in [1.29, 1.82) is 5.41 Å². The second-order valence-electron chi connectivity index (χ2n) is 10.2. The lowest BCUT2D eigenvalue weighted by Gasteiger charge is -2.38. The van der Waals surface area contributed by atoms with Crippen molar-refractivity contribution in [1.82, 2.24) is 19.4 Å². The third-order valence-electron chi connectivity index (χ3n) is 7.48. The van der Waals surface area contributed by atoms with Gasteiger partial charge in [0.25, 0.3) is 0 Å². The van der Waals surface area contributed by atoms with E-state index in [9.17, 15) is 9.18 Å².